The highest BCUT2D eigenvalue weighted by atomic mass is 19.4. The lowest BCUT2D eigenvalue weighted by Gasteiger charge is -2.40. The smallest absolute Gasteiger partial charge is 0.379 e. The molecule has 0 spiro atoms. The number of nitrogens with zero attached hydrogens (tertiary/aromatic N) is 1. The fraction of sp³-hybridized carbons (Fsp3) is 0.650. The molecule has 1 heterocycles. The van der Waals surface area contributed by atoms with Gasteiger partial charge in [0.1, 0.15) is 0 Å². The van der Waals surface area contributed by atoms with Crippen molar-refractivity contribution in [1.82, 2.24) is 10.2 Å². The number of ether oxygens (including phenoxy) is 1. The van der Waals surface area contributed by atoms with Gasteiger partial charge in [-0.3, -0.25) is 4.79 Å². The summed E-state index contributed by atoms with van der Waals surface area (Å²) in [5.41, 5.74) is -0.427. The van der Waals surface area contributed by atoms with E-state index >= 15 is 0 Å². The molecule has 1 aromatic carbocycles. The van der Waals surface area contributed by atoms with Gasteiger partial charge in [0.15, 0.2) is 0 Å². The Morgan fingerprint density at radius 1 is 1.11 bits per heavy atom. The Labute approximate surface area is 157 Å². The van der Waals surface area contributed by atoms with Crippen LogP contribution >= 0.6 is 0 Å². The van der Waals surface area contributed by atoms with Crippen LogP contribution in [-0.2, 0) is 10.9 Å². The molecule has 1 saturated heterocycles. The molecule has 4 nitrogen and oxygen atoms in total. The molecular weight excluding hydrogens is 357 g/mol. The van der Waals surface area contributed by atoms with E-state index in [1.54, 1.807) is 0 Å². The summed E-state index contributed by atoms with van der Waals surface area (Å²) in [6, 6.07) is 4.82. The largest absolute Gasteiger partial charge is 0.416 e. The van der Waals surface area contributed by atoms with Gasteiger partial charge in [0, 0.05) is 24.3 Å². The van der Waals surface area contributed by atoms with Gasteiger partial charge in [-0.25, -0.2) is 0 Å². The van der Waals surface area contributed by atoms with Gasteiger partial charge in [0.2, 0.25) is 0 Å². The van der Waals surface area contributed by atoms with E-state index in [2.05, 4.69) is 5.32 Å². The zero-order valence-corrected chi connectivity index (χ0v) is 15.2. The van der Waals surface area contributed by atoms with Crippen LogP contribution in [0.15, 0.2) is 24.3 Å². The number of hydrogen-bond donors (Lipinski definition) is 1. The summed E-state index contributed by atoms with van der Waals surface area (Å²) in [6.07, 6.45) is 0.861. The molecule has 7 heteroatoms. The molecule has 0 aromatic heterocycles. The van der Waals surface area contributed by atoms with Crippen molar-refractivity contribution in [3.05, 3.63) is 35.4 Å². The molecule has 2 unspecified atom stereocenters. The van der Waals surface area contributed by atoms with Gasteiger partial charge in [0.05, 0.1) is 18.2 Å². The first-order chi connectivity index (χ1) is 12.9. The van der Waals surface area contributed by atoms with Gasteiger partial charge in [-0.05, 0) is 68.8 Å². The van der Waals surface area contributed by atoms with Crippen LogP contribution in [0.5, 0.6) is 0 Å². The predicted octanol–water partition coefficient (Wildman–Crippen LogP) is 3.47. The maximum atomic E-state index is 13.1. The zero-order chi connectivity index (χ0) is 19.0. The molecule has 0 bridgehead atoms. The Hall–Kier alpha value is -1.60. The van der Waals surface area contributed by atoms with Crippen molar-refractivity contribution in [2.24, 2.45) is 5.92 Å². The number of benzene rings is 1. The van der Waals surface area contributed by atoms with Crippen molar-refractivity contribution in [2.75, 3.05) is 19.8 Å². The average molecular weight is 382 g/mol. The first-order valence-corrected chi connectivity index (χ1v) is 9.74. The quantitative estimate of drug-likeness (QED) is 0.819. The first kappa shape index (κ1) is 18.7. The van der Waals surface area contributed by atoms with Crippen LogP contribution in [-0.4, -0.2) is 48.7 Å². The maximum absolute atomic E-state index is 13.1. The second-order valence-corrected chi connectivity index (χ2v) is 7.91. The lowest BCUT2D eigenvalue weighted by molar-refractivity contribution is -0.137. The van der Waals surface area contributed by atoms with E-state index in [4.69, 9.17) is 4.74 Å². The van der Waals surface area contributed by atoms with Gasteiger partial charge in [-0.15, -0.1) is 0 Å². The Morgan fingerprint density at radius 2 is 1.81 bits per heavy atom. The van der Waals surface area contributed by atoms with Crippen LogP contribution in [0, 0.1) is 5.92 Å². The molecule has 2 atom stereocenters. The third-order valence-electron chi connectivity index (χ3n) is 5.68. The van der Waals surface area contributed by atoms with E-state index in [9.17, 15) is 18.0 Å². The molecule has 1 amide bonds. The summed E-state index contributed by atoms with van der Waals surface area (Å²) < 4.78 is 44.0. The normalized spacial score (nSPS) is 26.0. The third-order valence-corrected chi connectivity index (χ3v) is 5.68. The van der Waals surface area contributed by atoms with Crippen LogP contribution < -0.4 is 5.32 Å². The Bertz CT molecular complexity index is 669. The summed E-state index contributed by atoms with van der Waals surface area (Å²) in [6.45, 7) is 2.12. The van der Waals surface area contributed by atoms with E-state index in [1.165, 1.54) is 25.0 Å². The molecule has 148 valence electrons. The molecule has 0 radical (unpaired) electrons. The summed E-state index contributed by atoms with van der Waals surface area (Å²) in [4.78, 5) is 15.0. The Balaban J connectivity index is 1.51. The highest BCUT2D eigenvalue weighted by Crippen LogP contribution is 2.34. The number of alkyl halides is 3. The summed E-state index contributed by atoms with van der Waals surface area (Å²) >= 11 is 0. The summed E-state index contributed by atoms with van der Waals surface area (Å²) in [5.74, 6) is 0.549. The minimum atomic E-state index is -4.40. The number of nitrogens with one attached hydrogen (secondary N) is 1. The standard InChI is InChI=1S/C20H25F3N2O2/c21-20(22,23)15-5-3-14(4-6-15)19(26)25(16-7-8-16)18-12-27-10-9-17(18)24-11-13-1-2-13/h3-6,13,16-18,24H,1-2,7-12H2. The van der Waals surface area contributed by atoms with E-state index in [0.717, 1.165) is 43.9 Å². The molecule has 3 aliphatic rings. The lowest BCUT2D eigenvalue weighted by atomic mass is 9.99. The molecule has 2 saturated carbocycles. The van der Waals surface area contributed by atoms with E-state index < -0.39 is 11.7 Å². The van der Waals surface area contributed by atoms with E-state index in [1.807, 2.05) is 4.90 Å². The summed E-state index contributed by atoms with van der Waals surface area (Å²) in [5, 5.41) is 3.61. The molecule has 1 aliphatic heterocycles. The second-order valence-electron chi connectivity index (χ2n) is 7.91. The van der Waals surface area contributed by atoms with Gasteiger partial charge in [-0.1, -0.05) is 0 Å². The fourth-order valence-electron chi connectivity index (χ4n) is 3.77. The van der Waals surface area contributed by atoms with Crippen LogP contribution in [0.2, 0.25) is 0 Å². The Kier molecular flexibility index (Phi) is 5.16. The van der Waals surface area contributed by atoms with Crippen molar-refractivity contribution in [3.8, 4) is 0 Å². The van der Waals surface area contributed by atoms with Crippen molar-refractivity contribution in [1.29, 1.82) is 0 Å². The van der Waals surface area contributed by atoms with Crippen LogP contribution in [0.4, 0.5) is 13.2 Å². The number of rotatable bonds is 6. The summed E-state index contributed by atoms with van der Waals surface area (Å²) in [7, 11) is 0. The zero-order valence-electron chi connectivity index (χ0n) is 15.2. The average Bonchev–Trinajstić information content (AvgIpc) is 3.54. The third kappa shape index (κ3) is 4.46. The second kappa shape index (κ2) is 7.43. The van der Waals surface area contributed by atoms with Gasteiger partial charge >= 0.3 is 6.18 Å². The van der Waals surface area contributed by atoms with E-state index in [0.29, 0.717) is 18.8 Å². The molecule has 2 aliphatic carbocycles. The van der Waals surface area contributed by atoms with Crippen molar-refractivity contribution < 1.29 is 22.7 Å². The lowest BCUT2D eigenvalue weighted by Crippen LogP contribution is -2.58. The minimum Gasteiger partial charge on any atom is -0.379 e. The van der Waals surface area contributed by atoms with E-state index in [-0.39, 0.29) is 24.0 Å². The number of halogens is 3. The van der Waals surface area contributed by atoms with Crippen LogP contribution in [0.3, 0.4) is 0 Å². The molecular formula is C20H25F3N2O2. The number of hydrogen-bond acceptors (Lipinski definition) is 3. The predicted molar refractivity (Wildman–Crippen MR) is 94.4 cm³/mol. The number of carbonyl (C=O) groups excluding carboxylic acids is 1. The Morgan fingerprint density at radius 3 is 2.41 bits per heavy atom. The number of amides is 1. The van der Waals surface area contributed by atoms with Gasteiger partial charge < -0.3 is 15.0 Å². The highest BCUT2D eigenvalue weighted by molar-refractivity contribution is 5.95. The topological polar surface area (TPSA) is 41.6 Å². The molecule has 3 fully saturated rings. The van der Waals surface area contributed by atoms with Crippen LogP contribution in [0.25, 0.3) is 0 Å². The van der Waals surface area contributed by atoms with Gasteiger partial charge in [-0.2, -0.15) is 13.2 Å². The number of carbonyl (C=O) groups is 1. The SMILES string of the molecule is O=C(c1ccc(C(F)(F)F)cc1)N(C1CC1)C1COCCC1NCC1CC1. The fourth-order valence-corrected chi connectivity index (χ4v) is 3.77. The monoisotopic (exact) mass is 382 g/mol. The maximum Gasteiger partial charge on any atom is 0.416 e. The molecule has 4 rings (SSSR count). The molecule has 27 heavy (non-hydrogen) atoms. The van der Waals surface area contributed by atoms with Crippen molar-refractivity contribution in [3.63, 3.8) is 0 Å². The van der Waals surface area contributed by atoms with Crippen molar-refractivity contribution in [2.45, 2.75) is 56.4 Å². The molecule has 1 N–H and O–H groups in total. The molecule has 1 aromatic rings. The van der Waals surface area contributed by atoms with Crippen molar-refractivity contribution >= 4 is 5.91 Å². The first-order valence-electron chi connectivity index (χ1n) is 9.74. The highest BCUT2D eigenvalue weighted by Gasteiger charge is 2.42. The van der Waals surface area contributed by atoms with Crippen LogP contribution in [0.1, 0.15) is 48.0 Å². The minimum absolute atomic E-state index is 0.0696. The van der Waals surface area contributed by atoms with Gasteiger partial charge in [0.25, 0.3) is 5.91 Å².